The van der Waals surface area contributed by atoms with Gasteiger partial charge in [-0.3, -0.25) is 0 Å². The fourth-order valence-electron chi connectivity index (χ4n) is 2.74. The number of benzene rings is 2. The molecule has 25 heavy (non-hydrogen) atoms. The Bertz CT molecular complexity index is 807. The Morgan fingerprint density at radius 3 is 2.64 bits per heavy atom. The molecule has 0 radical (unpaired) electrons. The average Bonchev–Trinajstić information content (AvgIpc) is 2.93. The molecule has 0 saturated heterocycles. The molecule has 5 heteroatoms. The van der Waals surface area contributed by atoms with Crippen molar-refractivity contribution in [1.29, 1.82) is 5.26 Å². The van der Waals surface area contributed by atoms with Gasteiger partial charge in [-0.1, -0.05) is 19.1 Å². The number of carbonyl (C=O) groups excluding carboxylic acids is 1. The fourth-order valence-corrected chi connectivity index (χ4v) is 2.74. The Labute approximate surface area is 146 Å². The summed E-state index contributed by atoms with van der Waals surface area (Å²) in [4.78, 5) is 12.3. The van der Waals surface area contributed by atoms with Gasteiger partial charge in [0, 0.05) is 11.5 Å². The summed E-state index contributed by atoms with van der Waals surface area (Å²) in [6, 6.07) is 14.4. The van der Waals surface area contributed by atoms with Crippen molar-refractivity contribution in [2.75, 3.05) is 13.2 Å². The predicted octanol–water partition coefficient (Wildman–Crippen LogP) is 3.68. The second-order valence-electron chi connectivity index (χ2n) is 5.96. The quantitative estimate of drug-likeness (QED) is 0.615. The summed E-state index contributed by atoms with van der Waals surface area (Å²) in [7, 11) is 0. The molecule has 2 aromatic rings. The minimum Gasteiger partial charge on any atom is -0.490 e. The Kier molecular flexibility index (Phi) is 4.90. The second kappa shape index (κ2) is 7.27. The second-order valence-corrected chi connectivity index (χ2v) is 5.96. The number of esters is 1. The van der Waals surface area contributed by atoms with Crippen LogP contribution in [-0.2, 0) is 4.74 Å². The lowest BCUT2D eigenvalue weighted by molar-refractivity contribution is 0.0445. The lowest BCUT2D eigenvalue weighted by Gasteiger charge is -2.10. The van der Waals surface area contributed by atoms with Crippen molar-refractivity contribution in [2.24, 2.45) is 0 Å². The number of hydrogen-bond donors (Lipinski definition) is 0. The van der Waals surface area contributed by atoms with Gasteiger partial charge >= 0.3 is 5.97 Å². The predicted molar refractivity (Wildman–Crippen MR) is 91.9 cm³/mol. The molecule has 0 spiro atoms. The number of para-hydroxylation sites is 1. The van der Waals surface area contributed by atoms with Crippen molar-refractivity contribution in [2.45, 2.75) is 25.9 Å². The van der Waals surface area contributed by atoms with Gasteiger partial charge in [0.2, 0.25) is 0 Å². The van der Waals surface area contributed by atoms with E-state index in [4.69, 9.17) is 19.5 Å². The van der Waals surface area contributed by atoms with Crippen LogP contribution in [0.25, 0.3) is 0 Å². The Morgan fingerprint density at radius 2 is 1.92 bits per heavy atom. The molecular weight excluding hydrogens is 318 g/mol. The zero-order chi connectivity index (χ0) is 17.8. The molecule has 0 aliphatic carbocycles. The van der Waals surface area contributed by atoms with Crippen LogP contribution in [0.2, 0.25) is 0 Å². The summed E-state index contributed by atoms with van der Waals surface area (Å²) in [6.07, 6.45) is 0.0451. The lowest BCUT2D eigenvalue weighted by Crippen LogP contribution is -2.14. The molecule has 1 aliphatic heterocycles. The van der Waals surface area contributed by atoms with Crippen LogP contribution in [0.5, 0.6) is 11.5 Å². The van der Waals surface area contributed by atoms with Gasteiger partial charge in [-0.05, 0) is 37.3 Å². The van der Waals surface area contributed by atoms with Crippen LogP contribution in [0.15, 0.2) is 42.5 Å². The number of fused-ring (bicyclic) bond motifs is 1. The molecule has 0 aromatic heterocycles. The van der Waals surface area contributed by atoms with Gasteiger partial charge < -0.3 is 14.2 Å². The molecule has 1 aliphatic rings. The molecule has 0 N–H and O–H groups in total. The van der Waals surface area contributed by atoms with Gasteiger partial charge in [0.05, 0.1) is 11.6 Å². The maximum Gasteiger partial charge on any atom is 0.342 e. The highest BCUT2D eigenvalue weighted by Gasteiger charge is 2.31. The molecule has 0 unspecified atom stereocenters. The van der Waals surface area contributed by atoms with Crippen LogP contribution in [0.3, 0.4) is 0 Å². The lowest BCUT2D eigenvalue weighted by atomic mass is 9.97. The van der Waals surface area contributed by atoms with Crippen molar-refractivity contribution in [3.63, 3.8) is 0 Å². The largest absolute Gasteiger partial charge is 0.490 e. The zero-order valence-corrected chi connectivity index (χ0v) is 14.2. The minimum absolute atomic E-state index is 0.0451. The summed E-state index contributed by atoms with van der Waals surface area (Å²) in [5.41, 5.74) is 2.06. The summed E-state index contributed by atoms with van der Waals surface area (Å²) in [6.45, 7) is 4.44. The van der Waals surface area contributed by atoms with E-state index < -0.39 is 5.97 Å². The van der Waals surface area contributed by atoms with Gasteiger partial charge in [0.25, 0.3) is 0 Å². The van der Waals surface area contributed by atoms with E-state index in [0.717, 1.165) is 5.56 Å². The maximum atomic E-state index is 12.3. The van der Waals surface area contributed by atoms with Crippen molar-refractivity contribution in [3.05, 3.63) is 59.2 Å². The molecule has 1 heterocycles. The first kappa shape index (κ1) is 16.8. The summed E-state index contributed by atoms with van der Waals surface area (Å²) >= 11 is 0. The molecule has 0 fully saturated rings. The average molecular weight is 337 g/mol. The van der Waals surface area contributed by atoms with E-state index in [1.807, 2.05) is 25.1 Å². The summed E-state index contributed by atoms with van der Waals surface area (Å²) < 4.78 is 16.6. The molecule has 2 atom stereocenters. The zero-order valence-electron chi connectivity index (χ0n) is 14.2. The molecule has 3 rings (SSSR count). The van der Waals surface area contributed by atoms with Crippen molar-refractivity contribution < 1.29 is 19.0 Å². The van der Waals surface area contributed by atoms with E-state index in [1.54, 1.807) is 30.3 Å². The smallest absolute Gasteiger partial charge is 0.342 e. The fraction of sp³-hybridized carbons (Fsp3) is 0.300. The highest BCUT2D eigenvalue weighted by atomic mass is 16.6. The van der Waals surface area contributed by atoms with E-state index in [9.17, 15) is 4.79 Å². The third-order valence-electron chi connectivity index (χ3n) is 4.33. The maximum absolute atomic E-state index is 12.3. The van der Waals surface area contributed by atoms with Gasteiger partial charge in [0.15, 0.2) is 0 Å². The molecule has 0 amide bonds. The Balaban J connectivity index is 1.54. The first-order valence-electron chi connectivity index (χ1n) is 8.20. The van der Waals surface area contributed by atoms with Gasteiger partial charge in [0.1, 0.15) is 36.4 Å². The van der Waals surface area contributed by atoms with Gasteiger partial charge in [-0.2, -0.15) is 5.26 Å². The van der Waals surface area contributed by atoms with Crippen LogP contribution in [0.4, 0.5) is 0 Å². The van der Waals surface area contributed by atoms with Crippen LogP contribution in [0.1, 0.15) is 41.3 Å². The van der Waals surface area contributed by atoms with E-state index in [0.29, 0.717) is 22.6 Å². The third kappa shape index (κ3) is 3.58. The SMILES string of the molecule is C[C@@H]1c2cccc(C(=O)OCCOc3ccc(C#N)cc3)c2O[C@@H]1C. The normalized spacial score (nSPS) is 18.0. The Hall–Kier alpha value is -3.00. The van der Waals surface area contributed by atoms with Gasteiger partial charge in [-0.25, -0.2) is 4.79 Å². The number of rotatable bonds is 5. The molecule has 0 saturated carbocycles. The Morgan fingerprint density at radius 1 is 1.16 bits per heavy atom. The van der Waals surface area contributed by atoms with E-state index in [-0.39, 0.29) is 25.2 Å². The number of hydrogen-bond acceptors (Lipinski definition) is 5. The highest BCUT2D eigenvalue weighted by molar-refractivity contribution is 5.93. The molecular formula is C20H19NO4. The monoisotopic (exact) mass is 337 g/mol. The van der Waals surface area contributed by atoms with Crippen molar-refractivity contribution >= 4 is 5.97 Å². The van der Waals surface area contributed by atoms with Gasteiger partial charge in [-0.15, -0.1) is 0 Å². The van der Waals surface area contributed by atoms with E-state index in [2.05, 4.69) is 6.92 Å². The van der Waals surface area contributed by atoms with Crippen molar-refractivity contribution in [3.8, 4) is 17.6 Å². The number of nitrogens with zero attached hydrogens (tertiary/aromatic N) is 1. The summed E-state index contributed by atoms with van der Waals surface area (Å²) in [5, 5.41) is 8.75. The topological polar surface area (TPSA) is 68.5 Å². The standard InChI is InChI=1S/C20H19NO4/c1-13-14(2)25-19-17(13)4-3-5-18(19)20(22)24-11-10-23-16-8-6-15(12-21)7-9-16/h3-9,13-14H,10-11H2,1-2H3/t13-,14+/m0/s1. The van der Waals surface area contributed by atoms with Crippen molar-refractivity contribution in [1.82, 2.24) is 0 Å². The molecule has 5 nitrogen and oxygen atoms in total. The first-order chi connectivity index (χ1) is 12.1. The first-order valence-corrected chi connectivity index (χ1v) is 8.20. The van der Waals surface area contributed by atoms with E-state index >= 15 is 0 Å². The van der Waals surface area contributed by atoms with Crippen LogP contribution in [0, 0.1) is 11.3 Å². The highest BCUT2D eigenvalue weighted by Crippen LogP contribution is 2.40. The van der Waals surface area contributed by atoms with Crippen LogP contribution < -0.4 is 9.47 Å². The number of carbonyl (C=O) groups is 1. The minimum atomic E-state index is -0.415. The number of nitriles is 1. The number of ether oxygens (including phenoxy) is 3. The van der Waals surface area contributed by atoms with E-state index in [1.165, 1.54) is 0 Å². The third-order valence-corrected chi connectivity index (χ3v) is 4.33. The molecule has 0 bridgehead atoms. The van der Waals surface area contributed by atoms with Crippen LogP contribution >= 0.6 is 0 Å². The van der Waals surface area contributed by atoms with Crippen LogP contribution in [-0.4, -0.2) is 25.3 Å². The molecule has 128 valence electrons. The molecule has 2 aromatic carbocycles. The summed E-state index contributed by atoms with van der Waals surface area (Å²) in [5.74, 6) is 1.09.